The van der Waals surface area contributed by atoms with E-state index in [4.69, 9.17) is 4.74 Å². The first-order valence-electron chi connectivity index (χ1n) is 17.6. The van der Waals surface area contributed by atoms with Gasteiger partial charge in [-0.1, -0.05) is 169 Å². The largest absolute Gasteiger partial charge is 0.466 e. The first kappa shape index (κ1) is 37.5. The number of hydrogen-bond donors (Lipinski definition) is 0. The van der Waals surface area contributed by atoms with Crippen molar-refractivity contribution >= 4 is 5.97 Å². The second kappa shape index (κ2) is 28.0. The Bertz CT molecular complexity index is 488. The van der Waals surface area contributed by atoms with Gasteiger partial charge in [0, 0.05) is 0 Å². The van der Waals surface area contributed by atoms with Crippen molar-refractivity contribution in [2.75, 3.05) is 6.61 Å². The number of esters is 1. The summed E-state index contributed by atoms with van der Waals surface area (Å²) in [7, 11) is 0. The van der Waals surface area contributed by atoms with E-state index in [-0.39, 0.29) is 11.9 Å². The Labute approximate surface area is 241 Å². The van der Waals surface area contributed by atoms with E-state index in [1.54, 1.807) is 0 Å². The fourth-order valence-corrected chi connectivity index (χ4v) is 6.42. The van der Waals surface area contributed by atoms with Gasteiger partial charge in [0.25, 0.3) is 0 Å². The Kier molecular flexibility index (Phi) is 27.6. The molecule has 38 heavy (non-hydrogen) atoms. The normalized spacial score (nSPS) is 14.8. The molecule has 4 unspecified atom stereocenters. The molecule has 0 N–H and O–H groups in total. The zero-order chi connectivity index (χ0) is 28.3. The number of rotatable bonds is 29. The van der Waals surface area contributed by atoms with Gasteiger partial charge in [0.1, 0.15) is 0 Å². The minimum Gasteiger partial charge on any atom is -0.466 e. The third-order valence-electron chi connectivity index (χ3n) is 8.60. The maximum atomic E-state index is 11.9. The van der Waals surface area contributed by atoms with E-state index >= 15 is 0 Å². The van der Waals surface area contributed by atoms with Crippen LogP contribution in [0.5, 0.6) is 0 Å². The molecule has 0 aromatic carbocycles. The van der Waals surface area contributed by atoms with Crippen LogP contribution in [-0.2, 0) is 9.53 Å². The lowest BCUT2D eigenvalue weighted by atomic mass is 9.84. The van der Waals surface area contributed by atoms with Crippen LogP contribution in [0, 0.1) is 23.7 Å². The third-order valence-corrected chi connectivity index (χ3v) is 8.60. The van der Waals surface area contributed by atoms with Gasteiger partial charge in [-0.15, -0.1) is 0 Å². The van der Waals surface area contributed by atoms with Crippen molar-refractivity contribution in [1.29, 1.82) is 0 Å². The molecule has 0 radical (unpaired) electrons. The molecule has 0 aliphatic carbocycles. The summed E-state index contributed by atoms with van der Waals surface area (Å²) in [5, 5.41) is 0. The van der Waals surface area contributed by atoms with Crippen LogP contribution in [0.1, 0.15) is 196 Å². The summed E-state index contributed by atoms with van der Waals surface area (Å²) in [6.45, 7) is 13.8. The molecule has 228 valence electrons. The van der Waals surface area contributed by atoms with Crippen LogP contribution in [0.25, 0.3) is 0 Å². The van der Waals surface area contributed by atoms with Gasteiger partial charge in [0.2, 0.25) is 0 Å². The molecule has 0 aliphatic rings. The topological polar surface area (TPSA) is 26.3 Å². The molecule has 0 spiro atoms. The monoisotopic (exact) mass is 537 g/mol. The molecule has 0 saturated heterocycles. The van der Waals surface area contributed by atoms with E-state index in [0.29, 0.717) is 12.5 Å². The maximum Gasteiger partial charge on any atom is 0.308 e. The Balaban J connectivity index is 3.42. The third kappa shape index (κ3) is 25.7. The molecular weight excluding hydrogens is 464 g/mol. The highest BCUT2D eigenvalue weighted by molar-refractivity contribution is 5.71. The summed E-state index contributed by atoms with van der Waals surface area (Å²) in [4.78, 5) is 11.9. The molecule has 0 aromatic heterocycles. The smallest absolute Gasteiger partial charge is 0.308 e. The summed E-state index contributed by atoms with van der Waals surface area (Å²) in [5.41, 5.74) is 0. The summed E-state index contributed by atoms with van der Waals surface area (Å²) in [6.07, 6.45) is 33.9. The molecule has 2 nitrogen and oxygen atoms in total. The summed E-state index contributed by atoms with van der Waals surface area (Å²) in [5.74, 6) is 2.18. The Morgan fingerprint density at radius 2 is 0.816 bits per heavy atom. The van der Waals surface area contributed by atoms with Gasteiger partial charge in [-0.05, 0) is 43.9 Å². The van der Waals surface area contributed by atoms with E-state index < -0.39 is 0 Å². The van der Waals surface area contributed by atoms with Crippen LogP contribution in [-0.4, -0.2) is 12.6 Å². The molecule has 4 atom stereocenters. The van der Waals surface area contributed by atoms with Crippen molar-refractivity contribution in [3.8, 4) is 0 Å². The minimum absolute atomic E-state index is 0.0278. The van der Waals surface area contributed by atoms with E-state index in [0.717, 1.165) is 18.3 Å². The zero-order valence-corrected chi connectivity index (χ0v) is 27.3. The number of carbonyl (C=O) groups excluding carboxylic acids is 1. The van der Waals surface area contributed by atoms with Crippen LogP contribution in [0.2, 0.25) is 0 Å². The lowest BCUT2D eigenvalue weighted by molar-refractivity contribution is -0.148. The summed E-state index contributed by atoms with van der Waals surface area (Å²) in [6, 6.07) is 0. The predicted octanol–water partition coefficient (Wildman–Crippen LogP) is 12.5. The van der Waals surface area contributed by atoms with E-state index in [9.17, 15) is 4.79 Å². The molecule has 0 aromatic rings. The van der Waals surface area contributed by atoms with Gasteiger partial charge in [-0.2, -0.15) is 0 Å². The van der Waals surface area contributed by atoms with Crippen molar-refractivity contribution < 1.29 is 9.53 Å². The molecule has 0 saturated carbocycles. The highest BCUT2D eigenvalue weighted by Crippen LogP contribution is 2.27. The molecule has 0 fully saturated rings. The van der Waals surface area contributed by atoms with Crippen LogP contribution >= 0.6 is 0 Å². The fourth-order valence-electron chi connectivity index (χ4n) is 6.42. The molecule has 0 bridgehead atoms. The average Bonchev–Trinajstić information content (AvgIpc) is 2.87. The lowest BCUT2D eigenvalue weighted by Crippen LogP contribution is -2.18. The molecular formula is C36H72O2. The Morgan fingerprint density at radius 1 is 0.474 bits per heavy atom. The number of carbonyl (C=O) groups is 1. The quantitative estimate of drug-likeness (QED) is 0.0701. The van der Waals surface area contributed by atoms with Gasteiger partial charge in [-0.3, -0.25) is 4.79 Å². The van der Waals surface area contributed by atoms with Crippen molar-refractivity contribution in [3.05, 3.63) is 0 Å². The fraction of sp³-hybridized carbons (Fsp3) is 0.972. The Morgan fingerprint density at radius 3 is 1.21 bits per heavy atom. The van der Waals surface area contributed by atoms with Gasteiger partial charge in [-0.25, -0.2) is 0 Å². The minimum atomic E-state index is -0.0278. The second-order valence-electron chi connectivity index (χ2n) is 13.2. The van der Waals surface area contributed by atoms with Crippen molar-refractivity contribution in [2.45, 2.75) is 196 Å². The molecule has 2 heteroatoms. The number of unbranched alkanes of at least 4 members (excludes halogenated alkanes) is 19. The molecule has 0 rings (SSSR count). The average molecular weight is 537 g/mol. The standard InChI is InChI=1S/C36H72O2/c1-7-9-10-11-12-13-14-15-16-17-18-19-20-21-22-23-24-25-26-27-28-32(3)29-33(4)30-34(5)31-35(6)36(37)38-8-2/h32-35H,7-31H2,1-6H3. The second-order valence-corrected chi connectivity index (χ2v) is 13.2. The van der Waals surface area contributed by atoms with Crippen molar-refractivity contribution in [1.82, 2.24) is 0 Å². The van der Waals surface area contributed by atoms with Gasteiger partial charge >= 0.3 is 5.97 Å². The van der Waals surface area contributed by atoms with E-state index in [1.807, 2.05) is 13.8 Å². The van der Waals surface area contributed by atoms with Gasteiger partial charge < -0.3 is 4.74 Å². The highest BCUT2D eigenvalue weighted by atomic mass is 16.5. The maximum absolute atomic E-state index is 11.9. The van der Waals surface area contributed by atoms with Crippen LogP contribution in [0.4, 0.5) is 0 Å². The van der Waals surface area contributed by atoms with Gasteiger partial charge in [0.15, 0.2) is 0 Å². The first-order valence-corrected chi connectivity index (χ1v) is 17.6. The van der Waals surface area contributed by atoms with Gasteiger partial charge in [0.05, 0.1) is 12.5 Å². The van der Waals surface area contributed by atoms with Crippen molar-refractivity contribution in [3.63, 3.8) is 0 Å². The molecule has 0 aliphatic heterocycles. The Hall–Kier alpha value is -0.530. The van der Waals surface area contributed by atoms with Crippen molar-refractivity contribution in [2.24, 2.45) is 23.7 Å². The van der Waals surface area contributed by atoms with E-state index in [1.165, 1.54) is 148 Å². The highest BCUT2D eigenvalue weighted by Gasteiger charge is 2.19. The zero-order valence-electron chi connectivity index (χ0n) is 27.3. The predicted molar refractivity (Wildman–Crippen MR) is 170 cm³/mol. The number of ether oxygens (including phenoxy) is 1. The molecule has 0 heterocycles. The number of hydrogen-bond acceptors (Lipinski definition) is 2. The van der Waals surface area contributed by atoms with E-state index in [2.05, 4.69) is 27.7 Å². The first-order chi connectivity index (χ1) is 18.4. The van der Waals surface area contributed by atoms with Crippen LogP contribution in [0.3, 0.4) is 0 Å². The van der Waals surface area contributed by atoms with Crippen LogP contribution in [0.15, 0.2) is 0 Å². The lowest BCUT2D eigenvalue weighted by Gasteiger charge is -2.22. The summed E-state index contributed by atoms with van der Waals surface area (Å²) >= 11 is 0. The molecule has 0 amide bonds. The summed E-state index contributed by atoms with van der Waals surface area (Å²) < 4.78 is 5.17. The van der Waals surface area contributed by atoms with Crippen LogP contribution < -0.4 is 0 Å². The SMILES string of the molecule is CCCCCCCCCCCCCCCCCCCCCCC(C)CC(C)CC(C)CC(C)C(=O)OCC.